The zero-order valence-electron chi connectivity index (χ0n) is 7.37. The van der Waals surface area contributed by atoms with Gasteiger partial charge < -0.3 is 5.73 Å². The van der Waals surface area contributed by atoms with Crippen molar-refractivity contribution in [1.82, 2.24) is 14.8 Å². The lowest BCUT2D eigenvalue weighted by molar-refractivity contribution is 1.03. The molecule has 0 fully saturated rings. The fraction of sp³-hybridized carbons (Fsp3) is 0. The van der Waals surface area contributed by atoms with Gasteiger partial charge in [-0.3, -0.25) is 4.57 Å². The molecule has 0 saturated heterocycles. The summed E-state index contributed by atoms with van der Waals surface area (Å²) in [4.78, 5) is 0. The second-order valence-electron chi connectivity index (χ2n) is 2.82. The highest BCUT2D eigenvalue weighted by Crippen LogP contribution is 2.26. The van der Waals surface area contributed by atoms with E-state index in [1.165, 1.54) is 0 Å². The van der Waals surface area contributed by atoms with Crippen LogP contribution in [0.2, 0.25) is 0 Å². The van der Waals surface area contributed by atoms with E-state index in [9.17, 15) is 0 Å². The average molecular weight is 350 g/mol. The fourth-order valence-electron chi connectivity index (χ4n) is 1.20. The maximum atomic E-state index is 5.70. The summed E-state index contributed by atoms with van der Waals surface area (Å²) in [6.45, 7) is 0. The number of benzene rings is 1. The van der Waals surface area contributed by atoms with Crippen LogP contribution in [-0.4, -0.2) is 14.8 Å². The van der Waals surface area contributed by atoms with Gasteiger partial charge in [0.1, 0.15) is 0 Å². The van der Waals surface area contributed by atoms with Gasteiger partial charge in [0, 0.05) is 8.95 Å². The predicted octanol–water partition coefficient (Wildman–Crippen LogP) is 3.04. The van der Waals surface area contributed by atoms with E-state index in [1.807, 2.05) is 18.2 Å². The summed E-state index contributed by atoms with van der Waals surface area (Å²) >= 11 is 11.9. The van der Waals surface area contributed by atoms with Crippen molar-refractivity contribution in [2.24, 2.45) is 0 Å². The van der Waals surface area contributed by atoms with Crippen LogP contribution in [0, 0.1) is 4.77 Å². The third-order valence-corrected chi connectivity index (χ3v) is 3.25. The molecule has 2 rings (SSSR count). The standard InChI is InChI=1S/C8H6Br2N4S/c9-4-1-2-6(5(10)3-4)14-7(11)12-13-8(14)15/h1-3H,(H2,11,12)(H,13,15). The van der Waals surface area contributed by atoms with E-state index >= 15 is 0 Å². The zero-order valence-corrected chi connectivity index (χ0v) is 11.4. The Morgan fingerprint density at radius 1 is 1.40 bits per heavy atom. The van der Waals surface area contributed by atoms with E-state index in [1.54, 1.807) is 4.57 Å². The molecule has 0 spiro atoms. The molecule has 0 unspecified atom stereocenters. The minimum atomic E-state index is 0.336. The highest BCUT2D eigenvalue weighted by molar-refractivity contribution is 9.11. The first-order valence-electron chi connectivity index (χ1n) is 3.98. The number of aromatic amines is 1. The number of H-pyrrole nitrogens is 1. The van der Waals surface area contributed by atoms with Crippen LogP contribution < -0.4 is 5.73 Å². The average Bonchev–Trinajstić information content (AvgIpc) is 2.48. The minimum Gasteiger partial charge on any atom is -0.368 e. The smallest absolute Gasteiger partial charge is 0.225 e. The van der Waals surface area contributed by atoms with Gasteiger partial charge in [-0.2, -0.15) is 0 Å². The highest BCUT2D eigenvalue weighted by atomic mass is 79.9. The quantitative estimate of drug-likeness (QED) is 0.778. The normalized spacial score (nSPS) is 10.5. The van der Waals surface area contributed by atoms with Gasteiger partial charge in [-0.15, -0.1) is 5.10 Å². The lowest BCUT2D eigenvalue weighted by atomic mass is 10.3. The van der Waals surface area contributed by atoms with Crippen molar-refractivity contribution in [2.45, 2.75) is 0 Å². The Kier molecular flexibility index (Phi) is 2.94. The second kappa shape index (κ2) is 4.07. The monoisotopic (exact) mass is 348 g/mol. The Morgan fingerprint density at radius 3 is 2.67 bits per heavy atom. The molecule has 1 aromatic heterocycles. The molecule has 0 saturated carbocycles. The number of nitrogens with zero attached hydrogens (tertiary/aromatic N) is 2. The van der Waals surface area contributed by atoms with Crippen LogP contribution >= 0.6 is 44.1 Å². The third-order valence-electron chi connectivity index (χ3n) is 1.85. The van der Waals surface area contributed by atoms with Gasteiger partial charge in [0.25, 0.3) is 0 Å². The largest absolute Gasteiger partial charge is 0.368 e. The number of nitrogen functional groups attached to an aromatic ring is 1. The maximum absolute atomic E-state index is 5.70. The highest BCUT2D eigenvalue weighted by Gasteiger charge is 2.08. The molecule has 0 aliphatic carbocycles. The van der Waals surface area contributed by atoms with Gasteiger partial charge in [-0.1, -0.05) is 15.9 Å². The molecule has 7 heteroatoms. The Balaban J connectivity index is 2.69. The molecule has 1 aromatic carbocycles. The number of hydrogen-bond acceptors (Lipinski definition) is 3. The molecule has 3 N–H and O–H groups in total. The topological polar surface area (TPSA) is 59.6 Å². The van der Waals surface area contributed by atoms with E-state index in [-0.39, 0.29) is 0 Å². The lowest BCUT2D eigenvalue weighted by Crippen LogP contribution is -2.01. The first kappa shape index (κ1) is 10.8. The molecule has 0 radical (unpaired) electrons. The summed E-state index contributed by atoms with van der Waals surface area (Å²) in [6.07, 6.45) is 0. The lowest BCUT2D eigenvalue weighted by Gasteiger charge is -2.06. The molecule has 0 aliphatic rings. The van der Waals surface area contributed by atoms with Gasteiger partial charge in [0.15, 0.2) is 0 Å². The van der Waals surface area contributed by atoms with Crippen LogP contribution in [0.4, 0.5) is 5.95 Å². The summed E-state index contributed by atoms with van der Waals surface area (Å²) < 4.78 is 3.99. The molecule has 15 heavy (non-hydrogen) atoms. The van der Waals surface area contributed by atoms with Crippen molar-refractivity contribution in [3.8, 4) is 5.69 Å². The summed E-state index contributed by atoms with van der Waals surface area (Å²) in [6, 6.07) is 5.73. The Labute approximate surface area is 108 Å². The Morgan fingerprint density at radius 2 is 2.13 bits per heavy atom. The summed E-state index contributed by atoms with van der Waals surface area (Å²) in [5, 5.41) is 6.48. The van der Waals surface area contributed by atoms with Crippen LogP contribution in [0.5, 0.6) is 0 Å². The Bertz CT molecular complexity index is 560. The molecule has 0 aliphatic heterocycles. The predicted molar refractivity (Wildman–Crippen MR) is 68.6 cm³/mol. The Hall–Kier alpha value is -0.660. The van der Waals surface area contributed by atoms with Crippen molar-refractivity contribution in [3.05, 3.63) is 31.9 Å². The summed E-state index contributed by atoms with van der Waals surface area (Å²) in [5.41, 5.74) is 6.56. The van der Waals surface area contributed by atoms with Gasteiger partial charge in [0.05, 0.1) is 5.69 Å². The van der Waals surface area contributed by atoms with Crippen LogP contribution in [0.25, 0.3) is 5.69 Å². The number of nitrogens with two attached hydrogens (primary N) is 1. The van der Waals surface area contributed by atoms with E-state index in [4.69, 9.17) is 18.0 Å². The van der Waals surface area contributed by atoms with Gasteiger partial charge in [-0.05, 0) is 46.3 Å². The molecule has 4 nitrogen and oxygen atoms in total. The van der Waals surface area contributed by atoms with E-state index in [0.29, 0.717) is 10.7 Å². The maximum Gasteiger partial charge on any atom is 0.225 e. The van der Waals surface area contributed by atoms with Crippen LogP contribution in [0.3, 0.4) is 0 Å². The first-order chi connectivity index (χ1) is 7.09. The number of nitrogens with one attached hydrogen (secondary N) is 1. The molecule has 0 atom stereocenters. The molecule has 2 aromatic rings. The molecule has 0 bridgehead atoms. The molecular weight excluding hydrogens is 344 g/mol. The van der Waals surface area contributed by atoms with Gasteiger partial charge in [-0.25, -0.2) is 5.10 Å². The molecular formula is C8H6Br2N4S. The van der Waals surface area contributed by atoms with Crippen LogP contribution in [0.1, 0.15) is 0 Å². The van der Waals surface area contributed by atoms with Crippen molar-refractivity contribution in [1.29, 1.82) is 0 Å². The van der Waals surface area contributed by atoms with Crippen molar-refractivity contribution >= 4 is 50.0 Å². The number of halogens is 2. The number of hydrogen-bond donors (Lipinski definition) is 2. The fourth-order valence-corrected chi connectivity index (χ4v) is 2.67. The number of anilines is 1. The second-order valence-corrected chi connectivity index (χ2v) is 4.97. The molecule has 78 valence electrons. The minimum absolute atomic E-state index is 0.336. The molecule has 1 heterocycles. The van der Waals surface area contributed by atoms with Crippen LogP contribution in [-0.2, 0) is 0 Å². The van der Waals surface area contributed by atoms with E-state index in [0.717, 1.165) is 14.6 Å². The van der Waals surface area contributed by atoms with Crippen molar-refractivity contribution < 1.29 is 0 Å². The van der Waals surface area contributed by atoms with E-state index in [2.05, 4.69) is 42.1 Å². The zero-order chi connectivity index (χ0) is 11.0. The SMILES string of the molecule is Nc1n[nH]c(=S)n1-c1ccc(Br)cc1Br. The van der Waals surface area contributed by atoms with E-state index < -0.39 is 0 Å². The number of rotatable bonds is 1. The first-order valence-corrected chi connectivity index (χ1v) is 5.97. The van der Waals surface area contributed by atoms with Gasteiger partial charge in [0.2, 0.25) is 10.7 Å². The van der Waals surface area contributed by atoms with Crippen molar-refractivity contribution in [2.75, 3.05) is 5.73 Å². The molecule has 0 amide bonds. The number of aromatic nitrogens is 3. The van der Waals surface area contributed by atoms with Gasteiger partial charge >= 0.3 is 0 Å². The third kappa shape index (κ3) is 1.99. The van der Waals surface area contributed by atoms with Crippen molar-refractivity contribution in [3.63, 3.8) is 0 Å². The van der Waals surface area contributed by atoms with Crippen LogP contribution in [0.15, 0.2) is 27.1 Å². The summed E-state index contributed by atoms with van der Waals surface area (Å²) in [7, 11) is 0. The summed E-state index contributed by atoms with van der Waals surface area (Å²) in [5.74, 6) is 0.336.